The van der Waals surface area contributed by atoms with Gasteiger partial charge in [-0.2, -0.15) is 0 Å². The number of amides is 1. The van der Waals surface area contributed by atoms with Gasteiger partial charge in [0.2, 0.25) is 11.8 Å². The van der Waals surface area contributed by atoms with E-state index < -0.39 is 15.7 Å². The molecule has 0 saturated carbocycles. The maximum absolute atomic E-state index is 12.4. The van der Waals surface area contributed by atoms with Gasteiger partial charge in [-0.1, -0.05) is 24.2 Å². The Balaban J connectivity index is 1.52. The molecule has 0 fully saturated rings. The second kappa shape index (κ2) is 10.5. The van der Waals surface area contributed by atoms with Gasteiger partial charge >= 0.3 is 6.01 Å². The lowest BCUT2D eigenvalue weighted by Crippen LogP contribution is -2.17. The highest BCUT2D eigenvalue weighted by molar-refractivity contribution is 7.99. The Morgan fingerprint density at radius 2 is 1.81 bits per heavy atom. The smallest absolute Gasteiger partial charge is 0.322 e. The lowest BCUT2D eigenvalue weighted by atomic mass is 10.1. The number of rotatable bonds is 10. The molecule has 0 aliphatic rings. The number of thioether (sulfide) groups is 1. The van der Waals surface area contributed by atoms with Crippen LogP contribution in [0.5, 0.6) is 5.75 Å². The van der Waals surface area contributed by atoms with Gasteiger partial charge in [-0.3, -0.25) is 10.1 Å². The zero-order valence-corrected chi connectivity index (χ0v) is 18.8. The molecule has 31 heavy (non-hydrogen) atoms. The van der Waals surface area contributed by atoms with Crippen molar-refractivity contribution >= 4 is 33.5 Å². The molecule has 164 valence electrons. The predicted octanol–water partition coefficient (Wildman–Crippen LogP) is 3.58. The number of aromatic nitrogens is 2. The number of carbonyl (C=O) groups is 1. The summed E-state index contributed by atoms with van der Waals surface area (Å²) >= 11 is 1.76. The van der Waals surface area contributed by atoms with Crippen molar-refractivity contribution in [2.75, 3.05) is 23.9 Å². The van der Waals surface area contributed by atoms with Gasteiger partial charge in [0.05, 0.1) is 24.2 Å². The highest BCUT2D eigenvalue weighted by Gasteiger charge is 2.18. The minimum absolute atomic E-state index is 0.0556. The monoisotopic (exact) mass is 461 g/mol. The summed E-state index contributed by atoms with van der Waals surface area (Å²) in [6, 6.07) is 14.0. The van der Waals surface area contributed by atoms with Gasteiger partial charge in [0, 0.05) is 11.3 Å². The van der Waals surface area contributed by atoms with Crippen LogP contribution >= 0.6 is 11.8 Å². The first-order valence-corrected chi connectivity index (χ1v) is 12.2. The lowest BCUT2D eigenvalue weighted by Gasteiger charge is -2.05. The van der Waals surface area contributed by atoms with Crippen molar-refractivity contribution in [1.29, 1.82) is 0 Å². The molecule has 2 aromatic carbocycles. The second-order valence-electron chi connectivity index (χ2n) is 6.55. The summed E-state index contributed by atoms with van der Waals surface area (Å²) in [5.41, 5.74) is 1.01. The number of ether oxygens (including phenoxy) is 1. The Labute approximate surface area is 185 Å². The van der Waals surface area contributed by atoms with Gasteiger partial charge in [0.1, 0.15) is 5.75 Å². The number of nitrogens with zero attached hydrogens (tertiary/aromatic N) is 2. The number of hydrogen-bond acceptors (Lipinski definition) is 8. The van der Waals surface area contributed by atoms with E-state index in [1.165, 1.54) is 24.1 Å². The van der Waals surface area contributed by atoms with E-state index in [0.717, 1.165) is 11.3 Å². The Morgan fingerprint density at radius 1 is 1.10 bits per heavy atom. The molecular weight excluding hydrogens is 438 g/mol. The molecule has 3 aromatic rings. The average Bonchev–Trinajstić information content (AvgIpc) is 3.20. The fourth-order valence-corrected chi connectivity index (χ4v) is 4.63. The van der Waals surface area contributed by atoms with Crippen molar-refractivity contribution in [3.05, 3.63) is 60.0 Å². The highest BCUT2D eigenvalue weighted by Crippen LogP contribution is 2.20. The van der Waals surface area contributed by atoms with Crippen molar-refractivity contribution in [2.45, 2.75) is 29.6 Å². The van der Waals surface area contributed by atoms with E-state index in [1.807, 2.05) is 24.3 Å². The number of anilines is 1. The second-order valence-corrected chi connectivity index (χ2v) is 9.99. The molecule has 8 nitrogen and oxygen atoms in total. The maximum Gasteiger partial charge on any atom is 0.322 e. The van der Waals surface area contributed by atoms with Crippen LogP contribution in [0.2, 0.25) is 0 Å². The maximum atomic E-state index is 12.4. The molecule has 1 N–H and O–H groups in total. The Morgan fingerprint density at radius 3 is 2.45 bits per heavy atom. The van der Waals surface area contributed by atoms with Crippen LogP contribution in [-0.4, -0.2) is 43.1 Å². The number of nitrogens with one attached hydrogen (secondary N) is 1. The fraction of sp³-hybridized carbons (Fsp3) is 0.286. The number of carbonyl (C=O) groups excluding carboxylic acids is 1. The molecule has 0 atom stereocenters. The third-order valence-electron chi connectivity index (χ3n) is 4.32. The first kappa shape index (κ1) is 22.8. The third kappa shape index (κ3) is 6.56. The molecule has 1 aromatic heterocycles. The van der Waals surface area contributed by atoms with Gasteiger partial charge in [-0.25, -0.2) is 8.42 Å². The third-order valence-corrected chi connectivity index (χ3v) is 6.95. The van der Waals surface area contributed by atoms with Gasteiger partial charge in [0.25, 0.3) is 0 Å². The van der Waals surface area contributed by atoms with Crippen LogP contribution in [0, 0.1) is 0 Å². The van der Waals surface area contributed by atoms with Crippen molar-refractivity contribution in [3.63, 3.8) is 0 Å². The van der Waals surface area contributed by atoms with Crippen LogP contribution in [0.4, 0.5) is 6.01 Å². The first-order chi connectivity index (χ1) is 14.9. The molecule has 0 spiro atoms. The molecule has 0 unspecified atom stereocenters. The Hall–Kier alpha value is -2.85. The van der Waals surface area contributed by atoms with Gasteiger partial charge in [-0.15, -0.1) is 16.9 Å². The molecule has 1 heterocycles. The highest BCUT2D eigenvalue weighted by atomic mass is 32.2. The van der Waals surface area contributed by atoms with Gasteiger partial charge in [0.15, 0.2) is 9.84 Å². The summed E-state index contributed by atoms with van der Waals surface area (Å²) in [6.45, 7) is 2.10. The summed E-state index contributed by atoms with van der Waals surface area (Å²) in [5, 5.41) is 10.2. The molecule has 0 aliphatic carbocycles. The van der Waals surface area contributed by atoms with Crippen LogP contribution in [0.1, 0.15) is 24.8 Å². The van der Waals surface area contributed by atoms with E-state index in [0.29, 0.717) is 18.1 Å². The minimum atomic E-state index is -3.60. The Bertz CT molecular complexity index is 1110. The van der Waals surface area contributed by atoms with Crippen molar-refractivity contribution in [3.8, 4) is 5.75 Å². The van der Waals surface area contributed by atoms with E-state index >= 15 is 0 Å². The summed E-state index contributed by atoms with van der Waals surface area (Å²) in [5.74, 6) is 1.06. The van der Waals surface area contributed by atoms with Crippen molar-refractivity contribution in [1.82, 2.24) is 10.2 Å². The number of hydrogen-bond donors (Lipinski definition) is 1. The van der Waals surface area contributed by atoms with E-state index in [9.17, 15) is 13.2 Å². The summed E-state index contributed by atoms with van der Waals surface area (Å²) in [7, 11) is -2.10. The largest absolute Gasteiger partial charge is 0.497 e. The van der Waals surface area contributed by atoms with E-state index in [2.05, 4.69) is 22.4 Å². The summed E-state index contributed by atoms with van der Waals surface area (Å²) < 4.78 is 35.2. The van der Waals surface area contributed by atoms with Crippen LogP contribution in [-0.2, 0) is 21.1 Å². The van der Waals surface area contributed by atoms with E-state index in [-0.39, 0.29) is 23.1 Å². The van der Waals surface area contributed by atoms with Crippen LogP contribution in [0.3, 0.4) is 0 Å². The minimum Gasteiger partial charge on any atom is -0.497 e. The fourth-order valence-electron chi connectivity index (χ4n) is 2.73. The molecule has 0 aliphatic heterocycles. The summed E-state index contributed by atoms with van der Waals surface area (Å²) in [6.07, 6.45) is 0.203. The quantitative estimate of drug-likeness (QED) is 0.456. The molecule has 1 amide bonds. The average molecular weight is 462 g/mol. The number of methoxy groups -OCH3 is 1. The van der Waals surface area contributed by atoms with E-state index in [1.54, 1.807) is 23.9 Å². The standard InChI is InChI=1S/C21H23N3O5S2/c1-3-30-17-8-4-15(5-9-17)14-20-23-24-21(29-20)22-19(25)12-13-31(26,27)18-10-6-16(28-2)7-11-18/h4-11H,3,12-14H2,1-2H3,(H,22,24,25). The number of sulfone groups is 1. The molecule has 0 bridgehead atoms. The summed E-state index contributed by atoms with van der Waals surface area (Å²) in [4.78, 5) is 13.5. The number of benzene rings is 2. The topological polar surface area (TPSA) is 111 Å². The lowest BCUT2D eigenvalue weighted by molar-refractivity contribution is -0.116. The molecule has 10 heteroatoms. The molecule has 0 saturated heterocycles. The van der Waals surface area contributed by atoms with Crippen molar-refractivity contribution in [2.24, 2.45) is 0 Å². The Kier molecular flexibility index (Phi) is 7.69. The van der Waals surface area contributed by atoms with Gasteiger partial charge in [-0.05, 0) is 47.7 Å². The molecule has 3 rings (SSSR count). The van der Waals surface area contributed by atoms with Crippen LogP contribution in [0.15, 0.2) is 62.7 Å². The zero-order valence-electron chi connectivity index (χ0n) is 17.2. The predicted molar refractivity (Wildman–Crippen MR) is 118 cm³/mol. The van der Waals surface area contributed by atoms with Crippen LogP contribution < -0.4 is 10.1 Å². The van der Waals surface area contributed by atoms with E-state index in [4.69, 9.17) is 9.15 Å². The SMILES string of the molecule is CCSc1ccc(Cc2nnc(NC(=O)CCS(=O)(=O)c3ccc(OC)cc3)o2)cc1. The van der Waals surface area contributed by atoms with Crippen LogP contribution in [0.25, 0.3) is 0 Å². The first-order valence-electron chi connectivity index (χ1n) is 9.60. The normalized spacial score (nSPS) is 11.3. The van der Waals surface area contributed by atoms with Crippen molar-refractivity contribution < 1.29 is 22.4 Å². The molecule has 0 radical (unpaired) electrons. The zero-order chi connectivity index (χ0) is 22.3. The molecular formula is C21H23N3O5S2. The van der Waals surface area contributed by atoms with Gasteiger partial charge < -0.3 is 9.15 Å².